The molecular formula is C32H50O10. The van der Waals surface area contributed by atoms with E-state index in [1.54, 1.807) is 50.3 Å². The van der Waals surface area contributed by atoms with E-state index in [1.807, 2.05) is 19.1 Å². The van der Waals surface area contributed by atoms with Gasteiger partial charge in [-0.15, -0.1) is 0 Å². The molecule has 10 atom stereocenters. The summed E-state index contributed by atoms with van der Waals surface area (Å²) in [5, 5.41) is 72.0. The van der Waals surface area contributed by atoms with Gasteiger partial charge in [0.15, 0.2) is 0 Å². The highest BCUT2D eigenvalue weighted by Gasteiger charge is 2.34. The molecule has 0 aliphatic carbocycles. The van der Waals surface area contributed by atoms with Crippen LogP contribution < -0.4 is 0 Å². The van der Waals surface area contributed by atoms with Crippen molar-refractivity contribution < 1.29 is 50.1 Å². The molecule has 0 radical (unpaired) electrons. The fourth-order valence-corrected chi connectivity index (χ4v) is 4.69. The van der Waals surface area contributed by atoms with Crippen LogP contribution in [0.25, 0.3) is 0 Å². The van der Waals surface area contributed by atoms with Gasteiger partial charge in [0.2, 0.25) is 0 Å². The molecule has 238 valence electrons. The fourth-order valence-electron chi connectivity index (χ4n) is 4.69. The van der Waals surface area contributed by atoms with E-state index in [2.05, 4.69) is 0 Å². The predicted octanol–water partition coefficient (Wildman–Crippen LogP) is 2.58. The number of aliphatic carboxylic acids is 1. The third-order valence-corrected chi connectivity index (χ3v) is 7.46. The number of carboxylic acid groups (broad SMARTS) is 1. The Morgan fingerprint density at radius 2 is 1.26 bits per heavy atom. The molecule has 0 aromatic rings. The van der Waals surface area contributed by atoms with Crippen molar-refractivity contribution in [1.29, 1.82) is 0 Å². The summed E-state index contributed by atoms with van der Waals surface area (Å²) < 4.78 is 5.59. The molecule has 0 unspecified atom stereocenters. The summed E-state index contributed by atoms with van der Waals surface area (Å²) in [5.74, 6) is -4.42. The van der Waals surface area contributed by atoms with Crippen molar-refractivity contribution in [2.45, 2.75) is 108 Å². The standard InChI is InChI=1S/C32H50O10/c1-4-26-28(37)20-25(35)18-23(33)15-13-16-24(34)19-29(38)30(31(39)40)27(36)17-12-10-8-6-5-7-9-11-14-21(2)22(3)42-32(26)41/h5-12,14,17,21-30,33-38H,4,13,15-16,18-20H2,1-3H3,(H,39,40)/t21-,22+,23-,24+,25-,26+,27+,28-,29+,30-/m0/s1. The number of cyclic esters (lactones) is 1. The molecule has 0 amide bonds. The van der Waals surface area contributed by atoms with Crippen molar-refractivity contribution in [3.05, 3.63) is 60.8 Å². The van der Waals surface area contributed by atoms with Gasteiger partial charge in [-0.1, -0.05) is 74.6 Å². The van der Waals surface area contributed by atoms with Crippen molar-refractivity contribution in [2.75, 3.05) is 0 Å². The zero-order chi connectivity index (χ0) is 31.7. The van der Waals surface area contributed by atoms with E-state index in [-0.39, 0.29) is 38.0 Å². The number of hydrogen-bond donors (Lipinski definition) is 7. The molecule has 10 nitrogen and oxygen atoms in total. The molecule has 1 rings (SSSR count). The Morgan fingerprint density at radius 1 is 0.762 bits per heavy atom. The number of aliphatic hydroxyl groups is 6. The average molecular weight is 595 g/mol. The summed E-state index contributed by atoms with van der Waals surface area (Å²) in [4.78, 5) is 24.5. The molecule has 1 heterocycles. The summed E-state index contributed by atoms with van der Waals surface area (Å²) in [7, 11) is 0. The molecule has 1 aliphatic rings. The van der Waals surface area contributed by atoms with Gasteiger partial charge >= 0.3 is 11.9 Å². The Morgan fingerprint density at radius 3 is 1.81 bits per heavy atom. The molecule has 7 N–H and O–H groups in total. The van der Waals surface area contributed by atoms with Crippen LogP contribution in [0, 0.1) is 17.8 Å². The lowest BCUT2D eigenvalue weighted by Crippen LogP contribution is -2.39. The number of carbonyl (C=O) groups is 2. The summed E-state index contributed by atoms with van der Waals surface area (Å²) in [6.45, 7) is 5.42. The topological polar surface area (TPSA) is 185 Å². The molecular weight excluding hydrogens is 544 g/mol. The first-order valence-corrected chi connectivity index (χ1v) is 14.7. The average Bonchev–Trinajstić information content (AvgIpc) is 2.88. The van der Waals surface area contributed by atoms with Crippen molar-refractivity contribution in [3.8, 4) is 0 Å². The van der Waals surface area contributed by atoms with Crippen LogP contribution in [0.4, 0.5) is 0 Å². The highest BCUT2D eigenvalue weighted by molar-refractivity contribution is 5.73. The Labute approximate surface area is 249 Å². The van der Waals surface area contributed by atoms with Crippen molar-refractivity contribution in [3.63, 3.8) is 0 Å². The van der Waals surface area contributed by atoms with Gasteiger partial charge in [-0.3, -0.25) is 9.59 Å². The number of carbonyl (C=O) groups excluding carboxylic acids is 1. The van der Waals surface area contributed by atoms with E-state index < -0.39 is 66.5 Å². The van der Waals surface area contributed by atoms with Gasteiger partial charge in [0, 0.05) is 18.8 Å². The Balaban J connectivity index is 3.03. The van der Waals surface area contributed by atoms with Crippen molar-refractivity contribution >= 4 is 11.9 Å². The maximum absolute atomic E-state index is 12.8. The third kappa shape index (κ3) is 14.5. The van der Waals surface area contributed by atoms with Crippen LogP contribution in [-0.2, 0) is 14.3 Å². The van der Waals surface area contributed by atoms with Crippen molar-refractivity contribution in [1.82, 2.24) is 0 Å². The number of aliphatic hydroxyl groups excluding tert-OH is 6. The summed E-state index contributed by atoms with van der Waals surface area (Å²) in [6, 6.07) is 0. The summed E-state index contributed by atoms with van der Waals surface area (Å²) >= 11 is 0. The van der Waals surface area contributed by atoms with E-state index in [0.717, 1.165) is 0 Å². The molecule has 0 aromatic carbocycles. The first-order valence-electron chi connectivity index (χ1n) is 14.7. The molecule has 0 bridgehead atoms. The maximum Gasteiger partial charge on any atom is 0.312 e. The highest BCUT2D eigenvalue weighted by Crippen LogP contribution is 2.22. The molecule has 0 saturated carbocycles. The van der Waals surface area contributed by atoms with Gasteiger partial charge in [-0.2, -0.15) is 0 Å². The summed E-state index contributed by atoms with van der Waals surface area (Å²) in [5.41, 5.74) is 0. The molecule has 0 aromatic heterocycles. The first-order chi connectivity index (χ1) is 19.9. The zero-order valence-corrected chi connectivity index (χ0v) is 24.9. The fraction of sp³-hybridized carbons (Fsp3) is 0.625. The highest BCUT2D eigenvalue weighted by atomic mass is 16.5. The minimum Gasteiger partial charge on any atom is -0.481 e. The lowest BCUT2D eigenvalue weighted by Gasteiger charge is -2.26. The second kappa shape index (κ2) is 20.3. The number of rotatable bonds is 2. The van der Waals surface area contributed by atoms with Gasteiger partial charge in [-0.25, -0.2) is 0 Å². The molecule has 1 aliphatic heterocycles. The van der Waals surface area contributed by atoms with E-state index in [1.165, 1.54) is 12.2 Å². The molecule has 0 fully saturated rings. The Kier molecular flexibility index (Phi) is 18.1. The smallest absolute Gasteiger partial charge is 0.312 e. The third-order valence-electron chi connectivity index (χ3n) is 7.46. The van der Waals surface area contributed by atoms with Gasteiger partial charge < -0.3 is 40.5 Å². The zero-order valence-electron chi connectivity index (χ0n) is 24.9. The molecule has 0 saturated heterocycles. The Hall–Kier alpha value is -2.60. The van der Waals surface area contributed by atoms with E-state index >= 15 is 0 Å². The second-order valence-corrected chi connectivity index (χ2v) is 11.0. The van der Waals surface area contributed by atoms with Crippen LogP contribution in [0.1, 0.15) is 65.7 Å². The van der Waals surface area contributed by atoms with Crippen LogP contribution in [0.5, 0.6) is 0 Å². The van der Waals surface area contributed by atoms with Crippen molar-refractivity contribution in [2.24, 2.45) is 17.8 Å². The second-order valence-electron chi connectivity index (χ2n) is 11.0. The first kappa shape index (κ1) is 37.4. The molecule has 42 heavy (non-hydrogen) atoms. The van der Waals surface area contributed by atoms with Gasteiger partial charge in [0.05, 0.1) is 42.5 Å². The van der Waals surface area contributed by atoms with Crippen LogP contribution in [0.15, 0.2) is 60.8 Å². The Bertz CT molecular complexity index is 940. The van der Waals surface area contributed by atoms with Gasteiger partial charge in [-0.05, 0) is 39.0 Å². The van der Waals surface area contributed by atoms with Gasteiger partial charge in [0.1, 0.15) is 12.0 Å². The lowest BCUT2D eigenvalue weighted by atomic mass is 9.90. The minimum atomic E-state index is -1.54. The lowest BCUT2D eigenvalue weighted by molar-refractivity contribution is -0.159. The van der Waals surface area contributed by atoms with Crippen LogP contribution >= 0.6 is 0 Å². The van der Waals surface area contributed by atoms with E-state index in [9.17, 15) is 45.3 Å². The largest absolute Gasteiger partial charge is 0.481 e. The van der Waals surface area contributed by atoms with Gasteiger partial charge in [0.25, 0.3) is 0 Å². The number of allylic oxidation sites excluding steroid dienone is 8. The van der Waals surface area contributed by atoms with Crippen LogP contribution in [-0.4, -0.2) is 90.4 Å². The molecule has 0 spiro atoms. The minimum absolute atomic E-state index is 0.0454. The van der Waals surface area contributed by atoms with Crippen LogP contribution in [0.3, 0.4) is 0 Å². The number of hydrogen-bond acceptors (Lipinski definition) is 9. The molecule has 10 heteroatoms. The quantitative estimate of drug-likeness (QED) is 0.234. The van der Waals surface area contributed by atoms with E-state index in [4.69, 9.17) is 4.74 Å². The normalized spacial score (nSPS) is 35.7. The number of ether oxygens (including phenoxy) is 1. The maximum atomic E-state index is 12.8. The van der Waals surface area contributed by atoms with E-state index in [0.29, 0.717) is 12.8 Å². The number of esters is 1. The SMILES string of the molecule is CC[C@H]1C(=O)O[C@H](C)[C@@H](C)C=CC=CC=CC=CC=C[C@@H](O)[C@H](C(=O)O)[C@H](O)C[C@H](O)CCC[C@H](O)C[C@H](O)C[C@@H]1O. The monoisotopic (exact) mass is 594 g/mol. The predicted molar refractivity (Wildman–Crippen MR) is 159 cm³/mol. The summed E-state index contributed by atoms with van der Waals surface area (Å²) in [6.07, 6.45) is 9.65. The number of carboxylic acids is 1. The van der Waals surface area contributed by atoms with Crippen LogP contribution in [0.2, 0.25) is 0 Å².